The number of piperazine rings is 1. The van der Waals surface area contributed by atoms with E-state index in [1.165, 1.54) is 16.9 Å². The molecule has 0 atom stereocenters. The Morgan fingerprint density at radius 3 is 2.60 bits per heavy atom. The molecule has 5 heteroatoms. The first-order valence-electron chi connectivity index (χ1n) is 8.77. The predicted molar refractivity (Wildman–Crippen MR) is 100 cm³/mol. The number of aromatic nitrogens is 3. The van der Waals surface area contributed by atoms with Crippen LogP contribution in [0.5, 0.6) is 0 Å². The number of H-pyrrole nitrogens is 1. The number of hydrogen-bond acceptors (Lipinski definition) is 4. The third-order valence-corrected chi connectivity index (χ3v) is 4.80. The van der Waals surface area contributed by atoms with Crippen LogP contribution in [-0.2, 0) is 6.54 Å². The lowest BCUT2D eigenvalue weighted by atomic mass is 10.1. The first kappa shape index (κ1) is 15.8. The van der Waals surface area contributed by atoms with E-state index in [9.17, 15) is 0 Å². The number of hydrogen-bond donors (Lipinski definition) is 1. The SMILES string of the molecule is Cc1cnccc1N1CCN(Cc2cc(-c3ccccc3)n[nH]2)CC1. The number of nitrogens with one attached hydrogen (secondary N) is 1. The molecule has 25 heavy (non-hydrogen) atoms. The van der Waals surface area contributed by atoms with Crippen LogP contribution >= 0.6 is 0 Å². The lowest BCUT2D eigenvalue weighted by Crippen LogP contribution is -2.46. The average Bonchev–Trinajstić information content (AvgIpc) is 3.12. The quantitative estimate of drug-likeness (QED) is 0.797. The largest absolute Gasteiger partial charge is 0.369 e. The fourth-order valence-electron chi connectivity index (χ4n) is 3.41. The van der Waals surface area contributed by atoms with Crippen molar-refractivity contribution < 1.29 is 0 Å². The summed E-state index contributed by atoms with van der Waals surface area (Å²) < 4.78 is 0. The molecule has 4 rings (SSSR count). The molecule has 1 aliphatic rings. The van der Waals surface area contributed by atoms with Crippen LogP contribution in [0.1, 0.15) is 11.3 Å². The first-order valence-corrected chi connectivity index (χ1v) is 8.77. The van der Waals surface area contributed by atoms with Gasteiger partial charge in [-0.05, 0) is 24.6 Å². The van der Waals surface area contributed by atoms with Gasteiger partial charge in [-0.25, -0.2) is 0 Å². The molecule has 0 amide bonds. The Balaban J connectivity index is 1.36. The van der Waals surface area contributed by atoms with Crippen LogP contribution < -0.4 is 4.90 Å². The van der Waals surface area contributed by atoms with Gasteiger partial charge >= 0.3 is 0 Å². The molecular formula is C20H23N5. The summed E-state index contributed by atoms with van der Waals surface area (Å²) in [5, 5.41) is 7.65. The molecule has 5 nitrogen and oxygen atoms in total. The number of aryl methyl sites for hydroxylation is 1. The maximum absolute atomic E-state index is 4.46. The summed E-state index contributed by atoms with van der Waals surface area (Å²) in [4.78, 5) is 9.13. The fourth-order valence-corrected chi connectivity index (χ4v) is 3.41. The van der Waals surface area contributed by atoms with Crippen molar-refractivity contribution in [2.75, 3.05) is 31.1 Å². The molecule has 1 fully saturated rings. The summed E-state index contributed by atoms with van der Waals surface area (Å²) in [6.45, 7) is 7.26. The van der Waals surface area contributed by atoms with Gasteiger partial charge < -0.3 is 4.90 Å². The van der Waals surface area contributed by atoms with Crippen LogP contribution in [0.3, 0.4) is 0 Å². The average molecular weight is 333 g/mol. The van der Waals surface area contributed by atoms with Crippen LogP contribution in [-0.4, -0.2) is 46.3 Å². The van der Waals surface area contributed by atoms with Gasteiger partial charge in [-0.1, -0.05) is 30.3 Å². The maximum Gasteiger partial charge on any atom is 0.0924 e. The summed E-state index contributed by atoms with van der Waals surface area (Å²) >= 11 is 0. The van der Waals surface area contributed by atoms with Gasteiger partial charge in [0, 0.05) is 62.1 Å². The van der Waals surface area contributed by atoms with Crippen molar-refractivity contribution in [1.82, 2.24) is 20.1 Å². The molecule has 1 saturated heterocycles. The minimum absolute atomic E-state index is 0.920. The zero-order valence-electron chi connectivity index (χ0n) is 14.5. The first-order chi connectivity index (χ1) is 12.3. The second kappa shape index (κ2) is 7.07. The molecule has 3 aromatic rings. The molecular weight excluding hydrogens is 310 g/mol. The van der Waals surface area contributed by atoms with Crippen molar-refractivity contribution in [2.24, 2.45) is 0 Å². The molecule has 0 aliphatic carbocycles. The van der Waals surface area contributed by atoms with Crippen molar-refractivity contribution >= 4 is 5.69 Å². The topological polar surface area (TPSA) is 48.1 Å². The fraction of sp³-hybridized carbons (Fsp3) is 0.300. The molecule has 0 radical (unpaired) electrons. The minimum Gasteiger partial charge on any atom is -0.369 e. The number of nitrogens with zero attached hydrogens (tertiary/aromatic N) is 4. The summed E-state index contributed by atoms with van der Waals surface area (Å²) in [5.74, 6) is 0. The van der Waals surface area contributed by atoms with Crippen LogP contribution in [0.4, 0.5) is 5.69 Å². The Bertz CT molecular complexity index is 819. The van der Waals surface area contributed by atoms with E-state index in [0.717, 1.165) is 44.0 Å². The predicted octanol–water partition coefficient (Wildman–Crippen LogP) is 3.10. The standard InChI is InChI=1S/C20H23N5/c1-16-14-21-8-7-20(16)25-11-9-24(10-12-25)15-18-13-19(23-22-18)17-5-3-2-4-6-17/h2-8,13-14H,9-12,15H2,1H3,(H,22,23). The molecule has 128 valence electrons. The number of anilines is 1. The van der Waals surface area contributed by atoms with Gasteiger partial charge in [0.25, 0.3) is 0 Å². The Kier molecular flexibility index (Phi) is 4.48. The van der Waals surface area contributed by atoms with Gasteiger partial charge in [-0.15, -0.1) is 0 Å². The Hall–Kier alpha value is -2.66. The number of benzene rings is 1. The van der Waals surface area contributed by atoms with Gasteiger partial charge in [-0.3, -0.25) is 15.0 Å². The van der Waals surface area contributed by atoms with Crippen LogP contribution in [0.15, 0.2) is 54.9 Å². The lowest BCUT2D eigenvalue weighted by molar-refractivity contribution is 0.247. The lowest BCUT2D eigenvalue weighted by Gasteiger charge is -2.36. The van der Waals surface area contributed by atoms with Gasteiger partial charge in [0.15, 0.2) is 0 Å². The van der Waals surface area contributed by atoms with Crippen molar-refractivity contribution in [2.45, 2.75) is 13.5 Å². The highest BCUT2D eigenvalue weighted by Crippen LogP contribution is 2.21. The van der Waals surface area contributed by atoms with E-state index in [-0.39, 0.29) is 0 Å². The Morgan fingerprint density at radius 2 is 1.84 bits per heavy atom. The molecule has 1 aromatic carbocycles. The van der Waals surface area contributed by atoms with E-state index in [1.54, 1.807) is 0 Å². The number of aromatic amines is 1. The van der Waals surface area contributed by atoms with Gasteiger partial charge in [0.1, 0.15) is 0 Å². The summed E-state index contributed by atoms with van der Waals surface area (Å²) in [6.07, 6.45) is 3.82. The van der Waals surface area contributed by atoms with E-state index >= 15 is 0 Å². The van der Waals surface area contributed by atoms with E-state index in [0.29, 0.717) is 0 Å². The monoisotopic (exact) mass is 333 g/mol. The Morgan fingerprint density at radius 1 is 1.04 bits per heavy atom. The Labute approximate surface area is 148 Å². The van der Waals surface area contributed by atoms with Gasteiger partial charge in [0.05, 0.1) is 5.69 Å². The summed E-state index contributed by atoms with van der Waals surface area (Å²) in [6, 6.07) is 14.6. The van der Waals surface area contributed by atoms with Crippen molar-refractivity contribution in [1.29, 1.82) is 0 Å². The second-order valence-electron chi connectivity index (χ2n) is 6.57. The zero-order valence-corrected chi connectivity index (χ0v) is 14.5. The van der Waals surface area contributed by atoms with E-state index < -0.39 is 0 Å². The number of rotatable bonds is 4. The third-order valence-electron chi connectivity index (χ3n) is 4.80. The van der Waals surface area contributed by atoms with Crippen LogP contribution in [0.25, 0.3) is 11.3 Å². The molecule has 1 aliphatic heterocycles. The smallest absolute Gasteiger partial charge is 0.0924 e. The third kappa shape index (κ3) is 3.56. The van der Waals surface area contributed by atoms with E-state index in [1.807, 2.05) is 30.6 Å². The zero-order chi connectivity index (χ0) is 17.1. The molecule has 0 spiro atoms. The van der Waals surface area contributed by atoms with Crippen molar-refractivity contribution in [3.05, 3.63) is 66.1 Å². The molecule has 0 saturated carbocycles. The van der Waals surface area contributed by atoms with E-state index in [2.05, 4.69) is 56.2 Å². The molecule has 0 bridgehead atoms. The molecule has 3 heterocycles. The van der Waals surface area contributed by atoms with Crippen molar-refractivity contribution in [3.8, 4) is 11.3 Å². The highest BCUT2D eigenvalue weighted by atomic mass is 15.3. The summed E-state index contributed by atoms with van der Waals surface area (Å²) in [7, 11) is 0. The second-order valence-corrected chi connectivity index (χ2v) is 6.57. The normalized spacial score (nSPS) is 15.5. The molecule has 1 N–H and O–H groups in total. The molecule has 0 unspecified atom stereocenters. The van der Waals surface area contributed by atoms with Crippen LogP contribution in [0, 0.1) is 6.92 Å². The number of pyridine rings is 1. The highest BCUT2D eigenvalue weighted by Gasteiger charge is 2.19. The highest BCUT2D eigenvalue weighted by molar-refractivity contribution is 5.58. The van der Waals surface area contributed by atoms with Gasteiger partial charge in [0.2, 0.25) is 0 Å². The van der Waals surface area contributed by atoms with Gasteiger partial charge in [-0.2, -0.15) is 5.10 Å². The van der Waals surface area contributed by atoms with Crippen molar-refractivity contribution in [3.63, 3.8) is 0 Å². The van der Waals surface area contributed by atoms with E-state index in [4.69, 9.17) is 0 Å². The van der Waals surface area contributed by atoms with Crippen LogP contribution in [0.2, 0.25) is 0 Å². The minimum atomic E-state index is 0.920. The molecule has 2 aromatic heterocycles. The summed E-state index contributed by atoms with van der Waals surface area (Å²) in [5.41, 5.74) is 5.90. The maximum atomic E-state index is 4.46.